The summed E-state index contributed by atoms with van der Waals surface area (Å²) in [5, 5.41) is 0.795. The van der Waals surface area contributed by atoms with Crippen molar-refractivity contribution in [3.05, 3.63) is 136 Å². The van der Waals surface area contributed by atoms with Gasteiger partial charge in [-0.3, -0.25) is 4.98 Å². The quantitative estimate of drug-likeness (QED) is 0.209. The SMILES string of the molecule is Fc1ccc(Sc2c(/C=C/C3Cc4c(ccc5c4CCC=C5)-c4ccccc43)c(C3CC3)nc3ccc(F)cc23)cc1. The molecule has 0 radical (unpaired) electrons. The molecule has 42 heavy (non-hydrogen) atoms. The molecule has 8 rings (SSSR count). The van der Waals surface area contributed by atoms with Crippen LogP contribution in [0.3, 0.4) is 0 Å². The van der Waals surface area contributed by atoms with Gasteiger partial charge < -0.3 is 0 Å². The van der Waals surface area contributed by atoms with Crippen LogP contribution in [0.25, 0.3) is 34.2 Å². The molecule has 1 nitrogen and oxygen atoms in total. The van der Waals surface area contributed by atoms with Crippen LogP contribution in [0.15, 0.2) is 101 Å². The highest BCUT2D eigenvalue weighted by atomic mass is 32.2. The molecular weight excluding hydrogens is 540 g/mol. The highest BCUT2D eigenvalue weighted by Crippen LogP contribution is 2.48. The highest BCUT2D eigenvalue weighted by molar-refractivity contribution is 7.99. The van der Waals surface area contributed by atoms with Crippen molar-refractivity contribution in [3.8, 4) is 11.1 Å². The molecule has 3 aliphatic rings. The summed E-state index contributed by atoms with van der Waals surface area (Å²) in [4.78, 5) is 7.00. The van der Waals surface area contributed by atoms with Crippen molar-refractivity contribution in [2.75, 3.05) is 0 Å². The van der Waals surface area contributed by atoms with Gasteiger partial charge in [0, 0.05) is 32.6 Å². The second-order valence-electron chi connectivity index (χ2n) is 11.6. The number of allylic oxidation sites excluding steroid dienone is 2. The van der Waals surface area contributed by atoms with Crippen molar-refractivity contribution in [1.82, 2.24) is 4.98 Å². The van der Waals surface area contributed by atoms with Crippen molar-refractivity contribution >= 4 is 34.8 Å². The molecule has 1 aromatic heterocycles. The highest BCUT2D eigenvalue weighted by Gasteiger charge is 2.31. The van der Waals surface area contributed by atoms with Gasteiger partial charge >= 0.3 is 0 Å². The second-order valence-corrected chi connectivity index (χ2v) is 12.7. The van der Waals surface area contributed by atoms with Gasteiger partial charge in [-0.15, -0.1) is 0 Å². The molecule has 0 spiro atoms. The van der Waals surface area contributed by atoms with Crippen molar-refractivity contribution in [2.24, 2.45) is 0 Å². The lowest BCUT2D eigenvalue weighted by Gasteiger charge is -2.29. The molecule has 206 valence electrons. The number of hydrogen-bond donors (Lipinski definition) is 0. The molecule has 1 heterocycles. The summed E-state index contributed by atoms with van der Waals surface area (Å²) in [5.41, 5.74) is 11.3. The number of hydrogen-bond acceptors (Lipinski definition) is 2. The predicted octanol–water partition coefficient (Wildman–Crippen LogP) is 10.5. The topological polar surface area (TPSA) is 12.9 Å². The normalized spacial score (nSPS) is 17.3. The van der Waals surface area contributed by atoms with E-state index in [9.17, 15) is 8.78 Å². The van der Waals surface area contributed by atoms with Crippen LogP contribution in [0, 0.1) is 11.6 Å². The van der Waals surface area contributed by atoms with E-state index in [4.69, 9.17) is 4.98 Å². The van der Waals surface area contributed by atoms with Gasteiger partial charge in [-0.25, -0.2) is 8.78 Å². The van der Waals surface area contributed by atoms with E-state index in [2.05, 4.69) is 60.7 Å². The summed E-state index contributed by atoms with van der Waals surface area (Å²) in [5.74, 6) is 0.0728. The molecule has 5 aromatic rings. The van der Waals surface area contributed by atoms with Crippen molar-refractivity contribution in [2.45, 2.75) is 53.7 Å². The molecule has 4 heteroatoms. The van der Waals surface area contributed by atoms with Gasteiger partial charge in [-0.1, -0.05) is 72.5 Å². The summed E-state index contributed by atoms with van der Waals surface area (Å²) >= 11 is 1.57. The monoisotopic (exact) mass is 569 g/mol. The van der Waals surface area contributed by atoms with Crippen LogP contribution < -0.4 is 0 Å². The summed E-state index contributed by atoms with van der Waals surface area (Å²) in [6.45, 7) is 0. The van der Waals surface area contributed by atoms with Gasteiger partial charge in [-0.2, -0.15) is 0 Å². The molecule has 0 amide bonds. The number of halogens is 2. The fraction of sp³-hybridized carbons (Fsp3) is 0.184. The van der Waals surface area contributed by atoms with E-state index in [1.165, 1.54) is 51.6 Å². The van der Waals surface area contributed by atoms with Crippen molar-refractivity contribution in [1.29, 1.82) is 0 Å². The van der Waals surface area contributed by atoms with E-state index in [-0.39, 0.29) is 17.6 Å². The van der Waals surface area contributed by atoms with E-state index in [0.29, 0.717) is 5.92 Å². The lowest BCUT2D eigenvalue weighted by molar-refractivity contribution is 0.626. The molecule has 1 fully saturated rings. The Morgan fingerprint density at radius 1 is 0.833 bits per heavy atom. The number of aromatic nitrogens is 1. The maximum atomic E-state index is 14.6. The van der Waals surface area contributed by atoms with Crippen molar-refractivity contribution in [3.63, 3.8) is 0 Å². The van der Waals surface area contributed by atoms with Crippen LogP contribution in [0.5, 0.6) is 0 Å². The Balaban J connectivity index is 1.28. The maximum Gasteiger partial charge on any atom is 0.124 e. The number of nitrogens with zero attached hydrogens (tertiary/aromatic N) is 1. The third kappa shape index (κ3) is 4.59. The zero-order valence-electron chi connectivity index (χ0n) is 23.1. The molecule has 0 N–H and O–H groups in total. The van der Waals surface area contributed by atoms with Gasteiger partial charge in [0.15, 0.2) is 0 Å². The van der Waals surface area contributed by atoms with E-state index in [1.54, 1.807) is 36.0 Å². The predicted molar refractivity (Wildman–Crippen MR) is 169 cm³/mol. The average molecular weight is 570 g/mol. The molecule has 4 aromatic carbocycles. The fourth-order valence-corrected chi connectivity index (χ4v) is 7.73. The molecule has 1 saturated carbocycles. The maximum absolute atomic E-state index is 14.6. The Kier molecular flexibility index (Phi) is 6.33. The summed E-state index contributed by atoms with van der Waals surface area (Å²) < 4.78 is 28.4. The van der Waals surface area contributed by atoms with Crippen LogP contribution in [0.2, 0.25) is 0 Å². The zero-order chi connectivity index (χ0) is 28.2. The van der Waals surface area contributed by atoms with Gasteiger partial charge in [0.25, 0.3) is 0 Å². The minimum absolute atomic E-state index is 0.213. The van der Waals surface area contributed by atoms with E-state index >= 15 is 0 Å². The first-order valence-electron chi connectivity index (χ1n) is 14.8. The largest absolute Gasteiger partial charge is 0.252 e. The minimum Gasteiger partial charge on any atom is -0.252 e. The Morgan fingerprint density at radius 2 is 1.67 bits per heavy atom. The number of benzene rings is 4. The van der Waals surface area contributed by atoms with Crippen LogP contribution >= 0.6 is 11.8 Å². The van der Waals surface area contributed by atoms with Crippen LogP contribution in [-0.4, -0.2) is 4.98 Å². The van der Waals surface area contributed by atoms with Crippen LogP contribution in [0.1, 0.15) is 64.6 Å². The standard InChI is InChI=1S/C38H29F2NS/c39-26-13-16-28(17-14-26)42-38-33(37(24-9-10-24)41-36-20-15-27(40)22-35(36)38)19-12-25-21-34-29-6-2-1-5-23(29)11-18-32(34)31-8-4-3-7-30(25)31/h1,3-5,7-8,11-20,22,24-25H,2,6,9-10,21H2/b19-12+. The Hall–Kier alpha value is -4.02. The lowest BCUT2D eigenvalue weighted by Crippen LogP contribution is -2.13. The first-order valence-corrected chi connectivity index (χ1v) is 15.6. The third-order valence-electron chi connectivity index (χ3n) is 8.86. The second kappa shape index (κ2) is 10.4. The Bertz CT molecular complexity index is 1920. The zero-order valence-corrected chi connectivity index (χ0v) is 23.9. The molecule has 1 atom stereocenters. The van der Waals surface area contributed by atoms with Crippen molar-refractivity contribution < 1.29 is 8.78 Å². The molecule has 0 bridgehead atoms. The average Bonchev–Trinajstić information content (AvgIpc) is 3.87. The molecular formula is C38H29F2NS. The number of fused-ring (bicyclic) bond motifs is 6. The van der Waals surface area contributed by atoms with Gasteiger partial charge in [0.2, 0.25) is 0 Å². The Labute approximate surface area is 249 Å². The minimum atomic E-state index is -0.281. The lowest BCUT2D eigenvalue weighted by atomic mass is 9.74. The van der Waals surface area contributed by atoms with Gasteiger partial charge in [0.1, 0.15) is 11.6 Å². The van der Waals surface area contributed by atoms with Gasteiger partial charge in [0.05, 0.1) is 11.2 Å². The smallest absolute Gasteiger partial charge is 0.124 e. The number of rotatable bonds is 5. The summed E-state index contributed by atoms with van der Waals surface area (Å²) in [7, 11) is 0. The Morgan fingerprint density at radius 3 is 2.52 bits per heavy atom. The van der Waals surface area contributed by atoms with E-state index < -0.39 is 0 Å². The van der Waals surface area contributed by atoms with E-state index in [1.807, 2.05) is 0 Å². The summed E-state index contributed by atoms with van der Waals surface area (Å²) in [6.07, 6.45) is 14.5. The molecule has 0 saturated heterocycles. The fourth-order valence-electron chi connectivity index (χ4n) is 6.66. The summed E-state index contributed by atoms with van der Waals surface area (Å²) in [6, 6.07) is 24.8. The van der Waals surface area contributed by atoms with E-state index in [0.717, 1.165) is 64.1 Å². The number of pyridine rings is 1. The van der Waals surface area contributed by atoms with Gasteiger partial charge in [-0.05, 0) is 108 Å². The molecule has 3 aliphatic carbocycles. The first-order chi connectivity index (χ1) is 20.6. The molecule has 0 aliphatic heterocycles. The molecule has 1 unspecified atom stereocenters. The first kappa shape index (κ1) is 25.7. The third-order valence-corrected chi connectivity index (χ3v) is 10.0. The van der Waals surface area contributed by atoms with Crippen LogP contribution in [0.4, 0.5) is 8.78 Å². The van der Waals surface area contributed by atoms with Crippen LogP contribution in [-0.2, 0) is 12.8 Å².